The van der Waals surface area contributed by atoms with Crippen LogP contribution in [0.3, 0.4) is 0 Å². The topological polar surface area (TPSA) is 37.6 Å². The van der Waals surface area contributed by atoms with Crippen molar-refractivity contribution in [2.75, 3.05) is 11.4 Å². The molecule has 210 valence electrons. The predicted octanol–water partition coefficient (Wildman–Crippen LogP) is 8.66. The number of fused-ring (bicyclic) bond motifs is 7. The fourth-order valence-corrected chi connectivity index (χ4v) is 12.1. The van der Waals surface area contributed by atoms with Gasteiger partial charge in [-0.2, -0.15) is 0 Å². The molecule has 4 saturated carbocycles. The Balaban J connectivity index is 1.34. The zero-order valence-electron chi connectivity index (χ0n) is 25.2. The van der Waals surface area contributed by atoms with Crippen LogP contribution >= 0.6 is 0 Å². The molecule has 4 heteroatoms. The molecule has 0 unspecified atom stereocenters. The van der Waals surface area contributed by atoms with E-state index < -0.39 is 0 Å². The average molecular weight is 528 g/mol. The molecule has 5 fully saturated rings. The van der Waals surface area contributed by atoms with Crippen molar-refractivity contribution < 1.29 is 4.79 Å². The average Bonchev–Trinajstić information content (AvgIpc) is 3.29. The minimum Gasteiger partial charge on any atom is -0.351 e. The van der Waals surface area contributed by atoms with Gasteiger partial charge in [-0.1, -0.05) is 39.0 Å². The van der Waals surface area contributed by atoms with Gasteiger partial charge in [-0.3, -0.25) is 4.98 Å². The van der Waals surface area contributed by atoms with Gasteiger partial charge in [0.05, 0.1) is 6.57 Å². The van der Waals surface area contributed by atoms with Crippen LogP contribution in [0.4, 0.5) is 11.5 Å². The maximum atomic E-state index is 12.7. The molecule has 1 saturated heterocycles. The van der Waals surface area contributed by atoms with Gasteiger partial charge >= 0.3 is 0 Å². The summed E-state index contributed by atoms with van der Waals surface area (Å²) in [6.45, 7) is 27.9. The first-order valence-electron chi connectivity index (χ1n) is 15.6. The third-order valence-corrected chi connectivity index (χ3v) is 14.2. The predicted molar refractivity (Wildman–Crippen MR) is 159 cm³/mol. The minimum atomic E-state index is -0.110. The largest absolute Gasteiger partial charge is 0.351 e. The summed E-state index contributed by atoms with van der Waals surface area (Å²) >= 11 is 0. The molecule has 4 nitrogen and oxygen atoms in total. The molecule has 0 amide bonds. The molecule has 1 aromatic heterocycles. The number of allylic oxidation sites excluding steroid dienone is 1. The standard InChI is InChI=1S/C35H49N3O/c1-23(2)25-13-16-35(22-39)18-17-33(6)26(30(25)35)10-11-28-32(5)19-20-38(29-12-9-24(36-8)21-37-29)31(3,4)27(32)14-15-34(28,33)7/h9,12,21-22,25-28,30H,1,10-11,13-20H2,2-7H3/t25-,26+,27-,28+,30+,32-,33+,34+,35+/m0/s1. The highest BCUT2D eigenvalue weighted by atomic mass is 16.1. The Morgan fingerprint density at radius 2 is 1.77 bits per heavy atom. The van der Waals surface area contributed by atoms with Gasteiger partial charge in [0.2, 0.25) is 5.69 Å². The number of anilines is 1. The maximum Gasteiger partial charge on any atom is 0.205 e. The molecule has 1 aromatic rings. The van der Waals surface area contributed by atoms with E-state index >= 15 is 0 Å². The number of hydrogen-bond donors (Lipinski definition) is 0. The molecule has 6 rings (SSSR count). The Kier molecular flexibility index (Phi) is 6.01. The van der Waals surface area contributed by atoms with Crippen molar-refractivity contribution in [3.8, 4) is 0 Å². The van der Waals surface area contributed by atoms with Crippen LogP contribution in [0.25, 0.3) is 4.85 Å². The Labute approximate surface area is 236 Å². The van der Waals surface area contributed by atoms with Gasteiger partial charge in [0.25, 0.3) is 0 Å². The summed E-state index contributed by atoms with van der Waals surface area (Å²) in [6, 6.07) is 3.97. The minimum absolute atomic E-state index is 0.00838. The summed E-state index contributed by atoms with van der Waals surface area (Å²) in [4.78, 5) is 23.5. The fraction of sp³-hybridized carbons (Fsp3) is 0.743. The smallest absolute Gasteiger partial charge is 0.205 e. The van der Waals surface area contributed by atoms with Crippen molar-refractivity contribution in [3.05, 3.63) is 41.9 Å². The third kappa shape index (κ3) is 3.40. The first-order valence-corrected chi connectivity index (χ1v) is 15.6. The van der Waals surface area contributed by atoms with Crippen molar-refractivity contribution in [3.63, 3.8) is 0 Å². The zero-order valence-corrected chi connectivity index (χ0v) is 25.2. The molecular weight excluding hydrogens is 478 g/mol. The van der Waals surface area contributed by atoms with Gasteiger partial charge in [0.15, 0.2) is 0 Å². The van der Waals surface area contributed by atoms with Crippen LogP contribution in [-0.2, 0) is 4.79 Å². The lowest BCUT2D eigenvalue weighted by atomic mass is 9.33. The van der Waals surface area contributed by atoms with Crippen LogP contribution in [0.2, 0.25) is 0 Å². The molecular formula is C35H49N3O. The van der Waals surface area contributed by atoms with Crippen molar-refractivity contribution in [2.45, 2.75) is 105 Å². The molecule has 1 aliphatic heterocycles. The van der Waals surface area contributed by atoms with Crippen LogP contribution in [0, 0.1) is 57.8 Å². The lowest BCUT2D eigenvalue weighted by Crippen LogP contribution is -2.69. The summed E-state index contributed by atoms with van der Waals surface area (Å²) in [5, 5.41) is 0. The Bertz CT molecular complexity index is 1210. The number of pyridine rings is 1. The lowest BCUT2D eigenvalue weighted by Gasteiger charge is -2.73. The Morgan fingerprint density at radius 3 is 2.41 bits per heavy atom. The number of hydrogen-bond acceptors (Lipinski definition) is 3. The van der Waals surface area contributed by atoms with Gasteiger partial charge in [-0.25, -0.2) is 4.85 Å². The molecule has 9 atom stereocenters. The summed E-state index contributed by atoms with van der Waals surface area (Å²) in [5.74, 6) is 3.94. The SMILES string of the molecule is [C-]#[N+]c1ccc(N2CC[C@]3(C)[C@H]4CC[C@@H]5[C@H]6[C@H](C(=C)C)CC[C@]6(C=O)CC[C@@]5(C)[C@]4(C)CC[C@H]3C2(C)C)nc1. The second-order valence-electron chi connectivity index (χ2n) is 15.6. The number of nitrogens with zero attached hydrogens (tertiary/aromatic N) is 3. The number of rotatable bonds is 3. The van der Waals surface area contributed by atoms with Crippen LogP contribution < -0.4 is 4.90 Å². The van der Waals surface area contributed by atoms with Gasteiger partial charge < -0.3 is 9.69 Å². The van der Waals surface area contributed by atoms with Gasteiger partial charge in [0.1, 0.15) is 12.1 Å². The van der Waals surface area contributed by atoms with Crippen LogP contribution in [0.1, 0.15) is 99.3 Å². The summed E-state index contributed by atoms with van der Waals surface area (Å²) < 4.78 is 0. The van der Waals surface area contributed by atoms with E-state index in [1.807, 2.05) is 6.07 Å². The summed E-state index contributed by atoms with van der Waals surface area (Å²) in [5.41, 5.74) is 2.68. The number of aromatic nitrogens is 1. The molecule has 0 aromatic carbocycles. The van der Waals surface area contributed by atoms with Gasteiger partial charge in [0, 0.05) is 23.7 Å². The number of carbonyl (C=O) groups excluding carboxylic acids is 1. The molecule has 5 aliphatic rings. The Hall–Kier alpha value is -2.15. The Morgan fingerprint density at radius 1 is 1.00 bits per heavy atom. The monoisotopic (exact) mass is 527 g/mol. The normalized spacial score (nSPS) is 46.2. The van der Waals surface area contributed by atoms with E-state index in [1.54, 1.807) is 6.20 Å². The number of carbonyl (C=O) groups is 1. The zero-order chi connectivity index (χ0) is 28.0. The second kappa shape index (κ2) is 8.67. The molecule has 0 radical (unpaired) electrons. The van der Waals surface area contributed by atoms with E-state index in [2.05, 4.69) is 63.9 Å². The van der Waals surface area contributed by atoms with Crippen LogP contribution in [0.5, 0.6) is 0 Å². The van der Waals surface area contributed by atoms with Crippen molar-refractivity contribution >= 4 is 17.8 Å². The van der Waals surface area contributed by atoms with E-state index in [1.165, 1.54) is 50.4 Å². The summed E-state index contributed by atoms with van der Waals surface area (Å²) in [7, 11) is 0. The third-order valence-electron chi connectivity index (χ3n) is 14.2. The molecule has 0 bridgehead atoms. The van der Waals surface area contributed by atoms with E-state index in [0.29, 0.717) is 46.1 Å². The van der Waals surface area contributed by atoms with Crippen molar-refractivity contribution in [2.24, 2.45) is 51.2 Å². The second-order valence-corrected chi connectivity index (χ2v) is 15.6. The highest BCUT2D eigenvalue weighted by Crippen LogP contribution is 2.76. The molecule has 0 spiro atoms. The van der Waals surface area contributed by atoms with Gasteiger partial charge in [-0.15, -0.1) is 0 Å². The van der Waals surface area contributed by atoms with Crippen LogP contribution in [0.15, 0.2) is 30.5 Å². The molecule has 2 heterocycles. The summed E-state index contributed by atoms with van der Waals surface area (Å²) in [6.07, 6.45) is 13.9. The van der Waals surface area contributed by atoms with E-state index in [-0.39, 0.29) is 16.4 Å². The highest BCUT2D eigenvalue weighted by Gasteiger charge is 2.70. The van der Waals surface area contributed by atoms with Crippen molar-refractivity contribution in [1.29, 1.82) is 0 Å². The quantitative estimate of drug-likeness (QED) is 0.224. The molecule has 0 N–H and O–H groups in total. The van der Waals surface area contributed by atoms with Gasteiger partial charge in [-0.05, 0) is 130 Å². The number of aldehydes is 1. The first kappa shape index (κ1) is 27.0. The van der Waals surface area contributed by atoms with E-state index in [0.717, 1.165) is 31.6 Å². The molecule has 39 heavy (non-hydrogen) atoms. The highest BCUT2D eigenvalue weighted by molar-refractivity contribution is 5.62. The van der Waals surface area contributed by atoms with Crippen molar-refractivity contribution in [1.82, 2.24) is 4.98 Å². The first-order chi connectivity index (χ1) is 18.4. The lowest BCUT2D eigenvalue weighted by molar-refractivity contribution is -0.225. The molecule has 4 aliphatic carbocycles. The fourth-order valence-electron chi connectivity index (χ4n) is 12.1. The number of piperidine rings is 1. The van der Waals surface area contributed by atoms with E-state index in [9.17, 15) is 4.79 Å². The van der Waals surface area contributed by atoms with Crippen LogP contribution in [-0.4, -0.2) is 23.4 Å². The van der Waals surface area contributed by atoms with E-state index in [4.69, 9.17) is 11.6 Å². The maximum absolute atomic E-state index is 12.7.